The molecule has 1 aliphatic heterocycles. The first-order valence-electron chi connectivity index (χ1n) is 11.9. The minimum Gasteiger partial charge on any atom is -0.507 e. The van der Waals surface area contributed by atoms with Crippen LogP contribution in [0.5, 0.6) is 17.2 Å². The van der Waals surface area contributed by atoms with Crippen LogP contribution in [-0.2, 0) is 53.9 Å². The summed E-state index contributed by atoms with van der Waals surface area (Å²) in [5.41, 5.74) is 1.33. The van der Waals surface area contributed by atoms with E-state index < -0.39 is 21.4 Å². The van der Waals surface area contributed by atoms with Crippen molar-refractivity contribution in [1.82, 2.24) is 0 Å². The highest BCUT2D eigenvalue weighted by molar-refractivity contribution is 6.59. The Bertz CT molecular complexity index is 1100. The minimum absolute atomic E-state index is 0.0580. The zero-order valence-corrected chi connectivity index (χ0v) is 20.7. The molecule has 12 nitrogen and oxygen atoms in total. The number of fused-ring (bicyclic) bond motifs is 6. The zero-order chi connectivity index (χ0) is 28.3. The molecule has 3 aromatic rings. The van der Waals surface area contributed by atoms with Crippen molar-refractivity contribution < 1.29 is 59.7 Å². The lowest BCUT2D eigenvalue weighted by atomic mass is 9.78. The maximum absolute atomic E-state index is 10.8. The summed E-state index contributed by atoms with van der Waals surface area (Å²) in [5, 5.41) is 90.7. The molecular formula is C24H27B3O12. The van der Waals surface area contributed by atoms with Crippen molar-refractivity contribution >= 4 is 37.7 Å². The van der Waals surface area contributed by atoms with E-state index in [1.807, 2.05) is 0 Å². The van der Waals surface area contributed by atoms with E-state index in [1.54, 1.807) is 0 Å². The lowest BCUT2D eigenvalue weighted by Crippen LogP contribution is -2.31. The van der Waals surface area contributed by atoms with Gasteiger partial charge in [-0.2, -0.15) is 0 Å². The summed E-state index contributed by atoms with van der Waals surface area (Å²) in [6.45, 7) is -1.27. The molecule has 204 valence electrons. The lowest BCUT2D eigenvalue weighted by Gasteiger charge is -2.18. The minimum atomic E-state index is -1.86. The average molecular weight is 540 g/mol. The monoisotopic (exact) mass is 540 g/mol. The topological polar surface area (TPSA) is 210 Å². The second-order valence-electron chi connectivity index (χ2n) is 9.16. The number of hydrogen-bond donors (Lipinski definition) is 9. The van der Waals surface area contributed by atoms with Gasteiger partial charge in [0.1, 0.15) is 17.2 Å². The summed E-state index contributed by atoms with van der Waals surface area (Å²) in [7, 11) is -5.57. The Labute approximate surface area is 224 Å². The van der Waals surface area contributed by atoms with Crippen LogP contribution in [0.4, 0.5) is 0 Å². The summed E-state index contributed by atoms with van der Waals surface area (Å²) in [6, 6.07) is 7.99. The van der Waals surface area contributed by atoms with Crippen molar-refractivity contribution in [3.05, 3.63) is 69.8 Å². The SMILES string of the molecule is OB(O)c1cc2c(O)c(c1)COCc1cc(B(O)O)cc(c1O)COCc1cc(B(O)O)cc(c1O)COC2. The third kappa shape index (κ3) is 6.73. The molecule has 4 rings (SSSR count). The van der Waals surface area contributed by atoms with Gasteiger partial charge in [0, 0.05) is 33.4 Å². The van der Waals surface area contributed by atoms with Crippen LogP contribution in [0.2, 0.25) is 0 Å². The maximum atomic E-state index is 10.8. The fraction of sp³-hybridized carbons (Fsp3) is 0.250. The van der Waals surface area contributed by atoms with Crippen LogP contribution in [0.1, 0.15) is 33.4 Å². The third-order valence-electron chi connectivity index (χ3n) is 6.31. The van der Waals surface area contributed by atoms with Crippen LogP contribution >= 0.6 is 0 Å². The molecule has 9 N–H and O–H groups in total. The quantitative estimate of drug-likeness (QED) is 0.156. The molecule has 3 aromatic carbocycles. The number of phenols is 3. The van der Waals surface area contributed by atoms with Crippen LogP contribution in [0, 0.1) is 0 Å². The first-order chi connectivity index (χ1) is 18.5. The van der Waals surface area contributed by atoms with Crippen LogP contribution in [0.25, 0.3) is 0 Å². The highest BCUT2D eigenvalue weighted by Gasteiger charge is 2.22. The van der Waals surface area contributed by atoms with Crippen molar-refractivity contribution in [1.29, 1.82) is 0 Å². The molecule has 0 radical (unpaired) electrons. The van der Waals surface area contributed by atoms with E-state index in [1.165, 1.54) is 36.4 Å². The second kappa shape index (κ2) is 12.4. The van der Waals surface area contributed by atoms with Crippen LogP contribution in [-0.4, -0.2) is 66.8 Å². The molecule has 0 saturated carbocycles. The van der Waals surface area contributed by atoms with Crippen molar-refractivity contribution in [3.63, 3.8) is 0 Å². The van der Waals surface area contributed by atoms with Crippen LogP contribution < -0.4 is 16.4 Å². The van der Waals surface area contributed by atoms with Gasteiger partial charge in [-0.25, -0.2) is 0 Å². The van der Waals surface area contributed by atoms with E-state index in [0.29, 0.717) is 0 Å². The van der Waals surface area contributed by atoms with Crippen LogP contribution in [0.3, 0.4) is 0 Å². The Morgan fingerprint density at radius 1 is 0.385 bits per heavy atom. The van der Waals surface area contributed by atoms with Gasteiger partial charge < -0.3 is 59.7 Å². The van der Waals surface area contributed by atoms with Gasteiger partial charge in [0.2, 0.25) is 0 Å². The summed E-state index contributed by atoms with van der Waals surface area (Å²) in [5.74, 6) is -0.701. The Kier molecular flexibility index (Phi) is 9.17. The van der Waals surface area contributed by atoms with E-state index in [2.05, 4.69) is 0 Å². The molecule has 0 saturated heterocycles. The van der Waals surface area contributed by atoms with Crippen molar-refractivity contribution in [2.75, 3.05) is 0 Å². The summed E-state index contributed by atoms with van der Waals surface area (Å²) in [4.78, 5) is 0. The van der Waals surface area contributed by atoms with Gasteiger partial charge in [0.05, 0.1) is 39.6 Å². The molecule has 0 aliphatic carbocycles. The summed E-state index contributed by atoms with van der Waals surface area (Å²) >= 11 is 0. The van der Waals surface area contributed by atoms with Gasteiger partial charge in [0.25, 0.3) is 0 Å². The molecule has 0 aromatic heterocycles. The van der Waals surface area contributed by atoms with Gasteiger partial charge in [-0.05, 0) is 16.4 Å². The molecule has 6 bridgehead atoms. The predicted molar refractivity (Wildman–Crippen MR) is 139 cm³/mol. The molecule has 15 heteroatoms. The maximum Gasteiger partial charge on any atom is 0.488 e. The Balaban J connectivity index is 1.78. The number of ether oxygens (including phenoxy) is 3. The van der Waals surface area contributed by atoms with Crippen LogP contribution in [0.15, 0.2) is 36.4 Å². The van der Waals surface area contributed by atoms with Gasteiger partial charge in [0.15, 0.2) is 0 Å². The van der Waals surface area contributed by atoms with Gasteiger partial charge >= 0.3 is 21.4 Å². The van der Waals surface area contributed by atoms with Crippen molar-refractivity contribution in [3.8, 4) is 17.2 Å². The molecule has 1 aliphatic rings. The average Bonchev–Trinajstić information content (AvgIpc) is 2.88. The van der Waals surface area contributed by atoms with E-state index in [0.717, 1.165) is 0 Å². The lowest BCUT2D eigenvalue weighted by molar-refractivity contribution is 0.0933. The molecule has 0 atom stereocenters. The van der Waals surface area contributed by atoms with E-state index in [-0.39, 0.29) is 107 Å². The van der Waals surface area contributed by atoms with Crippen molar-refractivity contribution in [2.24, 2.45) is 0 Å². The molecule has 0 amide bonds. The zero-order valence-electron chi connectivity index (χ0n) is 20.7. The first-order valence-corrected chi connectivity index (χ1v) is 11.9. The van der Waals surface area contributed by atoms with E-state index in [9.17, 15) is 45.5 Å². The number of rotatable bonds is 3. The summed E-state index contributed by atoms with van der Waals surface area (Å²) < 4.78 is 17.0. The molecular weight excluding hydrogens is 513 g/mol. The third-order valence-corrected chi connectivity index (χ3v) is 6.31. The number of hydrogen-bond acceptors (Lipinski definition) is 12. The number of aromatic hydroxyl groups is 3. The standard InChI is InChI=1S/C24H27B3O12/c28-22-13-1-19(25(31)32)2-14(22)8-38-10-16-4-21(27(35)36)6-18(24(16)30)12-39-11-17-5-20(26(33)34)3-15(23(17)29)9-37-7-13/h1-6,28-36H,7-12H2. The Morgan fingerprint density at radius 2 is 0.564 bits per heavy atom. The number of benzene rings is 3. The fourth-order valence-corrected chi connectivity index (χ4v) is 4.28. The van der Waals surface area contributed by atoms with Gasteiger partial charge in [-0.1, -0.05) is 36.4 Å². The molecule has 1 heterocycles. The van der Waals surface area contributed by atoms with E-state index >= 15 is 0 Å². The van der Waals surface area contributed by atoms with E-state index in [4.69, 9.17) is 14.2 Å². The van der Waals surface area contributed by atoms with Crippen molar-refractivity contribution in [2.45, 2.75) is 39.6 Å². The number of phenolic OH excluding ortho intramolecular Hbond substituents is 3. The highest BCUT2D eigenvalue weighted by atomic mass is 16.5. The molecule has 0 spiro atoms. The normalized spacial score (nSPS) is 14.3. The largest absolute Gasteiger partial charge is 0.507 e. The fourth-order valence-electron chi connectivity index (χ4n) is 4.28. The molecule has 39 heavy (non-hydrogen) atoms. The Morgan fingerprint density at radius 3 is 0.718 bits per heavy atom. The molecule has 0 fully saturated rings. The first kappa shape index (κ1) is 28.9. The Hall–Kier alpha value is -3.11. The predicted octanol–water partition coefficient (Wildman–Crippen LogP) is -2.69. The summed E-state index contributed by atoms with van der Waals surface area (Å²) in [6.07, 6.45) is 0. The highest BCUT2D eigenvalue weighted by Crippen LogP contribution is 2.29. The molecule has 0 unspecified atom stereocenters. The van der Waals surface area contributed by atoms with Gasteiger partial charge in [-0.15, -0.1) is 0 Å². The second-order valence-corrected chi connectivity index (χ2v) is 9.16. The van der Waals surface area contributed by atoms with Gasteiger partial charge in [-0.3, -0.25) is 0 Å². The smallest absolute Gasteiger partial charge is 0.488 e.